The van der Waals surface area contributed by atoms with E-state index in [-0.39, 0.29) is 24.2 Å². The fraction of sp³-hybridized carbons (Fsp3) is 0.216. The van der Waals surface area contributed by atoms with E-state index < -0.39 is 5.54 Å². The number of imidazole rings is 1. The van der Waals surface area contributed by atoms with Crippen LogP contribution in [0.4, 0.5) is 9.52 Å². The maximum atomic E-state index is 14.1. The van der Waals surface area contributed by atoms with Gasteiger partial charge in [-0.25, -0.2) is 14.4 Å². The van der Waals surface area contributed by atoms with E-state index in [4.69, 9.17) is 9.97 Å². The second kappa shape index (κ2) is 12.2. The van der Waals surface area contributed by atoms with Crippen LogP contribution in [0.25, 0.3) is 10.2 Å². The molecule has 1 aliphatic carbocycles. The van der Waals surface area contributed by atoms with Crippen molar-refractivity contribution < 1.29 is 9.18 Å². The Morgan fingerprint density at radius 2 is 1.43 bits per heavy atom. The van der Waals surface area contributed by atoms with Gasteiger partial charge in [-0.1, -0.05) is 122 Å². The first-order valence-corrected chi connectivity index (χ1v) is 16.0. The van der Waals surface area contributed by atoms with Crippen molar-refractivity contribution in [3.8, 4) is 0 Å². The number of carbonyl (C=O) groups excluding carboxylic acids is 1. The van der Waals surface area contributed by atoms with Crippen LogP contribution in [0.2, 0.25) is 0 Å². The summed E-state index contributed by atoms with van der Waals surface area (Å²) >= 11 is 1.35. The van der Waals surface area contributed by atoms with Crippen LogP contribution in [-0.4, -0.2) is 20.4 Å². The molecule has 0 atom stereocenters. The highest BCUT2D eigenvalue weighted by molar-refractivity contribution is 7.22. The highest BCUT2D eigenvalue weighted by Crippen LogP contribution is 2.41. The zero-order chi connectivity index (χ0) is 29.9. The van der Waals surface area contributed by atoms with E-state index in [1.165, 1.54) is 23.5 Å². The second-order valence-corrected chi connectivity index (χ2v) is 12.5. The molecule has 0 radical (unpaired) electrons. The standard InChI is InChI=1S/C37H33FN4OS/c38-31-21-22-33-34(23-31)44-36(40-33)42(35(43)27-13-5-1-6-14-27)25-32-24-41(26-39-32)37(28-15-7-2-8-16-28,29-17-9-3-10-18-29)30-19-11-4-12-20-30/h2-4,7-12,15-24,26-27H,1,5-6,13-14,25H2. The van der Waals surface area contributed by atoms with Crippen LogP contribution in [0.15, 0.2) is 122 Å². The van der Waals surface area contributed by atoms with Crippen LogP contribution < -0.4 is 4.90 Å². The van der Waals surface area contributed by atoms with Crippen LogP contribution in [0.1, 0.15) is 54.5 Å². The average molecular weight is 601 g/mol. The third kappa shape index (κ3) is 5.22. The first kappa shape index (κ1) is 28.2. The Morgan fingerprint density at radius 1 is 0.841 bits per heavy atom. The van der Waals surface area contributed by atoms with Gasteiger partial charge in [0.2, 0.25) is 5.91 Å². The molecular formula is C37H33FN4OS. The molecule has 1 fully saturated rings. The minimum absolute atomic E-state index is 0.0494. The Bertz CT molecular complexity index is 1770. The summed E-state index contributed by atoms with van der Waals surface area (Å²) in [5.41, 5.74) is 4.06. The Hall–Kier alpha value is -4.62. The van der Waals surface area contributed by atoms with Gasteiger partial charge in [-0.05, 0) is 47.7 Å². The molecule has 0 N–H and O–H groups in total. The third-order valence-electron chi connectivity index (χ3n) is 8.71. The number of halogens is 1. The Balaban J connectivity index is 1.34. The highest BCUT2D eigenvalue weighted by Gasteiger charge is 2.39. The van der Waals surface area contributed by atoms with E-state index in [0.717, 1.165) is 59.2 Å². The number of aromatic nitrogens is 3. The summed E-state index contributed by atoms with van der Waals surface area (Å²) in [4.78, 5) is 25.6. The number of rotatable bonds is 8. The van der Waals surface area contributed by atoms with E-state index >= 15 is 0 Å². The summed E-state index contributed by atoms with van der Waals surface area (Å²) in [6, 6.07) is 36.0. The Kier molecular flexibility index (Phi) is 7.79. The van der Waals surface area contributed by atoms with Crippen LogP contribution in [0, 0.1) is 11.7 Å². The number of thiazole rings is 1. The molecule has 7 rings (SSSR count). The molecule has 1 saturated carbocycles. The lowest BCUT2D eigenvalue weighted by Crippen LogP contribution is -2.37. The number of anilines is 1. The third-order valence-corrected chi connectivity index (χ3v) is 9.75. The zero-order valence-corrected chi connectivity index (χ0v) is 25.2. The molecule has 2 aromatic heterocycles. The smallest absolute Gasteiger partial charge is 0.232 e. The van der Waals surface area contributed by atoms with Gasteiger partial charge >= 0.3 is 0 Å². The minimum Gasteiger partial charge on any atom is -0.319 e. The lowest BCUT2D eigenvalue weighted by molar-refractivity contribution is -0.123. The summed E-state index contributed by atoms with van der Waals surface area (Å²) in [5, 5.41) is 0.580. The minimum atomic E-state index is -0.694. The molecule has 5 nitrogen and oxygen atoms in total. The maximum Gasteiger partial charge on any atom is 0.232 e. The van der Waals surface area contributed by atoms with Gasteiger partial charge in [0.25, 0.3) is 0 Å². The Morgan fingerprint density at radius 3 is 2.02 bits per heavy atom. The number of fused-ring (bicyclic) bond motifs is 1. The number of benzene rings is 4. The second-order valence-electron chi connectivity index (χ2n) is 11.4. The van der Waals surface area contributed by atoms with Gasteiger partial charge in [-0.15, -0.1) is 0 Å². The molecule has 1 aliphatic rings. The number of nitrogens with zero attached hydrogens (tertiary/aromatic N) is 4. The summed E-state index contributed by atoms with van der Waals surface area (Å²) in [5.74, 6) is -0.290. The topological polar surface area (TPSA) is 51.0 Å². The Labute approximate surface area is 260 Å². The van der Waals surface area contributed by atoms with Gasteiger partial charge in [0.15, 0.2) is 5.13 Å². The van der Waals surface area contributed by atoms with Crippen molar-refractivity contribution in [2.75, 3.05) is 4.90 Å². The molecule has 2 heterocycles. The van der Waals surface area contributed by atoms with Crippen molar-refractivity contribution in [3.63, 3.8) is 0 Å². The quantitative estimate of drug-likeness (QED) is 0.164. The van der Waals surface area contributed by atoms with Gasteiger partial charge in [0.1, 0.15) is 11.4 Å². The van der Waals surface area contributed by atoms with E-state index in [0.29, 0.717) is 10.6 Å². The van der Waals surface area contributed by atoms with Crippen molar-refractivity contribution in [3.05, 3.63) is 150 Å². The van der Waals surface area contributed by atoms with Crippen molar-refractivity contribution in [1.82, 2.24) is 14.5 Å². The molecule has 0 spiro atoms. The van der Waals surface area contributed by atoms with Crippen LogP contribution in [-0.2, 0) is 16.9 Å². The van der Waals surface area contributed by atoms with Gasteiger partial charge < -0.3 is 4.57 Å². The zero-order valence-electron chi connectivity index (χ0n) is 24.4. The predicted octanol–water partition coefficient (Wildman–Crippen LogP) is 8.59. The average Bonchev–Trinajstić information content (AvgIpc) is 3.73. The van der Waals surface area contributed by atoms with E-state index in [2.05, 4.69) is 83.6 Å². The van der Waals surface area contributed by atoms with Gasteiger partial charge in [-0.2, -0.15) is 0 Å². The number of hydrogen-bond donors (Lipinski definition) is 0. The number of hydrogen-bond acceptors (Lipinski definition) is 4. The summed E-state index contributed by atoms with van der Waals surface area (Å²) in [6.45, 7) is 0.277. The molecule has 0 unspecified atom stereocenters. The lowest BCUT2D eigenvalue weighted by atomic mass is 9.77. The molecule has 0 bridgehead atoms. The maximum absolute atomic E-state index is 14.1. The molecule has 1 amide bonds. The SMILES string of the molecule is O=C(C1CCCCC1)N(Cc1cn(C(c2ccccc2)(c2ccccc2)c2ccccc2)cn1)c1nc2ccc(F)cc2s1. The van der Waals surface area contributed by atoms with Gasteiger partial charge in [0, 0.05) is 12.1 Å². The van der Waals surface area contributed by atoms with Gasteiger partial charge in [0.05, 0.1) is 28.8 Å². The van der Waals surface area contributed by atoms with E-state index in [9.17, 15) is 9.18 Å². The molecule has 0 saturated heterocycles. The largest absolute Gasteiger partial charge is 0.319 e. The van der Waals surface area contributed by atoms with E-state index in [1.807, 2.05) is 24.5 Å². The summed E-state index contributed by atoms with van der Waals surface area (Å²) in [7, 11) is 0. The fourth-order valence-corrected chi connectivity index (χ4v) is 7.58. The molecule has 220 valence electrons. The molecule has 44 heavy (non-hydrogen) atoms. The van der Waals surface area contributed by atoms with Crippen LogP contribution >= 0.6 is 11.3 Å². The molecular weight excluding hydrogens is 567 g/mol. The highest BCUT2D eigenvalue weighted by atomic mass is 32.1. The van der Waals surface area contributed by atoms with Crippen LogP contribution in [0.5, 0.6) is 0 Å². The van der Waals surface area contributed by atoms with Crippen LogP contribution in [0.3, 0.4) is 0 Å². The lowest BCUT2D eigenvalue weighted by Gasteiger charge is -2.37. The molecule has 6 aromatic rings. The van der Waals surface area contributed by atoms with Crippen molar-refractivity contribution in [2.24, 2.45) is 5.92 Å². The molecule has 0 aliphatic heterocycles. The first-order chi connectivity index (χ1) is 21.6. The number of amides is 1. The monoisotopic (exact) mass is 600 g/mol. The van der Waals surface area contributed by atoms with Gasteiger partial charge in [-0.3, -0.25) is 9.69 Å². The van der Waals surface area contributed by atoms with Crippen molar-refractivity contribution >= 4 is 32.6 Å². The first-order valence-electron chi connectivity index (χ1n) is 15.2. The summed E-state index contributed by atoms with van der Waals surface area (Å²) in [6.07, 6.45) is 8.95. The molecule has 4 aromatic carbocycles. The molecule has 7 heteroatoms. The predicted molar refractivity (Wildman–Crippen MR) is 174 cm³/mol. The normalized spacial score (nSPS) is 14.1. The number of carbonyl (C=O) groups is 1. The van der Waals surface area contributed by atoms with Crippen molar-refractivity contribution in [1.29, 1.82) is 0 Å². The summed E-state index contributed by atoms with van der Waals surface area (Å²) < 4.78 is 17.0. The fourth-order valence-electron chi connectivity index (χ4n) is 6.59. The van der Waals surface area contributed by atoms with Crippen molar-refractivity contribution in [2.45, 2.75) is 44.2 Å². The van der Waals surface area contributed by atoms with E-state index in [1.54, 1.807) is 11.0 Å².